The van der Waals surface area contributed by atoms with Crippen molar-refractivity contribution < 1.29 is 0 Å². The molecule has 2 fully saturated rings. The van der Waals surface area contributed by atoms with Crippen LogP contribution in [0.5, 0.6) is 0 Å². The van der Waals surface area contributed by atoms with E-state index in [1.165, 1.54) is 41.2 Å². The van der Waals surface area contributed by atoms with Gasteiger partial charge in [0, 0.05) is 9.52 Å². The summed E-state index contributed by atoms with van der Waals surface area (Å²) in [5.41, 5.74) is 0. The fourth-order valence-corrected chi connectivity index (χ4v) is 4.98. The SMILES string of the molecule is C[Si]CC1CCC(CC2CCC(C)CC2)CC1. The lowest BCUT2D eigenvalue weighted by Gasteiger charge is -2.33. The van der Waals surface area contributed by atoms with Gasteiger partial charge in [0.1, 0.15) is 0 Å². The van der Waals surface area contributed by atoms with Crippen LogP contribution in [0.25, 0.3) is 0 Å². The average molecular weight is 251 g/mol. The van der Waals surface area contributed by atoms with Gasteiger partial charge < -0.3 is 0 Å². The van der Waals surface area contributed by atoms with Gasteiger partial charge in [-0.1, -0.05) is 70.9 Å². The minimum absolute atomic E-state index is 1.02. The van der Waals surface area contributed by atoms with Crippen LogP contribution < -0.4 is 0 Å². The molecule has 0 N–H and O–H groups in total. The number of hydrogen-bond acceptors (Lipinski definition) is 0. The molecule has 17 heavy (non-hydrogen) atoms. The van der Waals surface area contributed by atoms with Gasteiger partial charge in [-0.05, 0) is 30.1 Å². The zero-order valence-corrected chi connectivity index (χ0v) is 12.9. The Bertz CT molecular complexity index is 198. The molecule has 0 saturated heterocycles. The van der Waals surface area contributed by atoms with Crippen LogP contribution in [0.15, 0.2) is 0 Å². The normalized spacial score (nSPS) is 39.2. The Morgan fingerprint density at radius 2 is 1.24 bits per heavy atom. The van der Waals surface area contributed by atoms with Crippen molar-refractivity contribution in [2.45, 2.75) is 77.3 Å². The third-order valence-electron chi connectivity index (χ3n) is 5.26. The van der Waals surface area contributed by atoms with Gasteiger partial charge >= 0.3 is 0 Å². The molecule has 0 aromatic rings. The molecule has 0 bridgehead atoms. The molecule has 0 heterocycles. The quantitative estimate of drug-likeness (QED) is 0.603. The minimum atomic E-state index is 1.02. The lowest BCUT2D eigenvalue weighted by atomic mass is 9.74. The van der Waals surface area contributed by atoms with Crippen molar-refractivity contribution in [3.63, 3.8) is 0 Å². The molecule has 2 rings (SSSR count). The van der Waals surface area contributed by atoms with E-state index in [9.17, 15) is 0 Å². The molecule has 0 aromatic heterocycles. The zero-order chi connectivity index (χ0) is 12.1. The fraction of sp³-hybridized carbons (Fsp3) is 1.00. The molecule has 2 aliphatic rings. The zero-order valence-electron chi connectivity index (χ0n) is 11.9. The molecule has 0 atom stereocenters. The first-order valence-electron chi connectivity index (χ1n) is 7.92. The van der Waals surface area contributed by atoms with Crippen molar-refractivity contribution in [1.29, 1.82) is 0 Å². The Morgan fingerprint density at radius 3 is 1.76 bits per heavy atom. The standard InChI is InChI=1S/C16H30Si/c1-13-3-5-14(6-4-13)11-15-7-9-16(10-8-15)12-17-2/h13-16H,3-12H2,1-2H3. The molecule has 0 unspecified atom stereocenters. The van der Waals surface area contributed by atoms with Crippen LogP contribution in [0.4, 0.5) is 0 Å². The van der Waals surface area contributed by atoms with Crippen molar-refractivity contribution >= 4 is 9.52 Å². The summed E-state index contributed by atoms with van der Waals surface area (Å²) in [6.45, 7) is 4.81. The largest absolute Gasteiger partial charge is 0.0733 e. The summed E-state index contributed by atoms with van der Waals surface area (Å²) in [4.78, 5) is 0. The van der Waals surface area contributed by atoms with E-state index >= 15 is 0 Å². The minimum Gasteiger partial charge on any atom is -0.0733 e. The predicted molar refractivity (Wildman–Crippen MR) is 77.6 cm³/mol. The Kier molecular flexibility index (Phi) is 5.59. The second-order valence-corrected chi connectivity index (χ2v) is 7.92. The molecule has 0 nitrogen and oxygen atoms in total. The number of hydrogen-bond donors (Lipinski definition) is 0. The summed E-state index contributed by atoms with van der Waals surface area (Å²) >= 11 is 0. The molecule has 0 aliphatic heterocycles. The van der Waals surface area contributed by atoms with Crippen molar-refractivity contribution in [2.75, 3.05) is 0 Å². The Hall–Kier alpha value is 0.217. The van der Waals surface area contributed by atoms with E-state index in [1.54, 1.807) is 32.1 Å². The maximum Gasteiger partial charge on any atom is 0.0345 e. The van der Waals surface area contributed by atoms with E-state index in [4.69, 9.17) is 0 Å². The maximum atomic E-state index is 2.44. The average Bonchev–Trinajstić information content (AvgIpc) is 2.35. The third-order valence-corrected chi connectivity index (χ3v) is 6.25. The van der Waals surface area contributed by atoms with Crippen LogP contribution in [-0.2, 0) is 0 Å². The van der Waals surface area contributed by atoms with Gasteiger partial charge in [0.25, 0.3) is 0 Å². The summed E-state index contributed by atoms with van der Waals surface area (Å²) in [7, 11) is 1.18. The van der Waals surface area contributed by atoms with Crippen LogP contribution in [0.3, 0.4) is 0 Å². The van der Waals surface area contributed by atoms with E-state index in [-0.39, 0.29) is 0 Å². The second kappa shape index (κ2) is 6.97. The highest BCUT2D eigenvalue weighted by Gasteiger charge is 2.25. The first kappa shape index (κ1) is 13.6. The summed E-state index contributed by atoms with van der Waals surface area (Å²) in [6.07, 6.45) is 13.9. The van der Waals surface area contributed by atoms with E-state index in [1.807, 2.05) is 0 Å². The molecule has 0 spiro atoms. The molecule has 1 heteroatoms. The van der Waals surface area contributed by atoms with Gasteiger partial charge in [0.2, 0.25) is 0 Å². The Labute approximate surface area is 111 Å². The van der Waals surface area contributed by atoms with Crippen molar-refractivity contribution in [3.8, 4) is 0 Å². The summed E-state index contributed by atoms with van der Waals surface area (Å²) < 4.78 is 0. The van der Waals surface area contributed by atoms with Crippen LogP contribution in [0.1, 0.15) is 64.7 Å². The van der Waals surface area contributed by atoms with Crippen LogP contribution in [0.2, 0.25) is 12.6 Å². The van der Waals surface area contributed by atoms with E-state index in [0.717, 1.165) is 23.7 Å². The van der Waals surface area contributed by atoms with E-state index < -0.39 is 0 Å². The van der Waals surface area contributed by atoms with Gasteiger partial charge in [-0.15, -0.1) is 0 Å². The topological polar surface area (TPSA) is 0 Å². The van der Waals surface area contributed by atoms with Gasteiger partial charge in [-0.25, -0.2) is 0 Å². The van der Waals surface area contributed by atoms with Crippen molar-refractivity contribution in [1.82, 2.24) is 0 Å². The highest BCUT2D eigenvalue weighted by molar-refractivity contribution is 6.33. The first-order valence-corrected chi connectivity index (χ1v) is 9.63. The van der Waals surface area contributed by atoms with Gasteiger partial charge in [0.05, 0.1) is 0 Å². The number of rotatable bonds is 4. The van der Waals surface area contributed by atoms with Gasteiger partial charge in [-0.2, -0.15) is 0 Å². The van der Waals surface area contributed by atoms with E-state index in [2.05, 4.69) is 13.5 Å². The van der Waals surface area contributed by atoms with Crippen LogP contribution in [-0.4, -0.2) is 9.52 Å². The van der Waals surface area contributed by atoms with Gasteiger partial charge in [-0.3, -0.25) is 0 Å². The smallest absolute Gasteiger partial charge is 0.0345 e. The second-order valence-electron chi connectivity index (χ2n) is 6.81. The molecular formula is C16H30Si. The van der Waals surface area contributed by atoms with Gasteiger partial charge in [0.15, 0.2) is 0 Å². The lowest BCUT2D eigenvalue weighted by molar-refractivity contribution is 0.201. The summed E-state index contributed by atoms with van der Waals surface area (Å²) in [5, 5.41) is 0. The molecular weight excluding hydrogens is 220 g/mol. The lowest BCUT2D eigenvalue weighted by Crippen LogP contribution is -2.20. The predicted octanol–water partition coefficient (Wildman–Crippen LogP) is 5.18. The monoisotopic (exact) mass is 250 g/mol. The molecule has 98 valence electrons. The fourth-order valence-electron chi connectivity index (χ4n) is 4.00. The van der Waals surface area contributed by atoms with Crippen LogP contribution >= 0.6 is 0 Å². The highest BCUT2D eigenvalue weighted by atomic mass is 28.2. The van der Waals surface area contributed by atoms with Crippen molar-refractivity contribution in [3.05, 3.63) is 0 Å². The Balaban J connectivity index is 1.64. The first-order chi connectivity index (χ1) is 8.28. The molecule has 2 aliphatic carbocycles. The molecule has 0 amide bonds. The third kappa shape index (κ3) is 4.42. The molecule has 2 radical (unpaired) electrons. The molecule has 0 aromatic carbocycles. The molecule has 2 saturated carbocycles. The Morgan fingerprint density at radius 1 is 0.765 bits per heavy atom. The van der Waals surface area contributed by atoms with Crippen LogP contribution in [0, 0.1) is 23.7 Å². The maximum absolute atomic E-state index is 2.44. The summed E-state index contributed by atoms with van der Waals surface area (Å²) in [5.74, 6) is 4.32. The highest BCUT2D eigenvalue weighted by Crippen LogP contribution is 2.38. The van der Waals surface area contributed by atoms with E-state index in [0.29, 0.717) is 0 Å². The summed E-state index contributed by atoms with van der Waals surface area (Å²) in [6, 6.07) is 1.52. The van der Waals surface area contributed by atoms with Crippen molar-refractivity contribution in [2.24, 2.45) is 23.7 Å².